The Morgan fingerprint density at radius 2 is 0.854 bits per heavy atom. The topological polar surface area (TPSA) is 87.7 Å². The second kappa shape index (κ2) is 32.7. The number of nitrogens with zero attached hydrogens (tertiary/aromatic N) is 1. The summed E-state index contributed by atoms with van der Waals surface area (Å²) < 4.78 is 113. The van der Waals surface area contributed by atoms with E-state index in [-0.39, 0.29) is 19.3 Å². The normalized spacial score (nSPS) is 11.8. The summed E-state index contributed by atoms with van der Waals surface area (Å²) in [5.41, 5.74) is 9.71. The molecule has 0 aliphatic heterocycles. The number of aliphatic hydroxyl groups excluding tert-OH is 1. The van der Waals surface area contributed by atoms with Crippen LogP contribution in [-0.4, -0.2) is 43.3 Å². The average molecular weight is 1130 g/mol. The predicted octanol–water partition coefficient (Wildman–Crippen LogP) is 18.3. The van der Waals surface area contributed by atoms with Crippen molar-refractivity contribution < 1.29 is 49.4 Å². The molecule has 0 saturated heterocycles. The van der Waals surface area contributed by atoms with Crippen molar-refractivity contribution in [3.63, 3.8) is 0 Å². The van der Waals surface area contributed by atoms with E-state index in [1.807, 2.05) is 85.8 Å². The fraction of sp³-hybridized carbons (Fsp3) is 0.265. The number of aryl methyl sites for hydroxylation is 3. The van der Waals surface area contributed by atoms with Gasteiger partial charge in [0.05, 0.1) is 16.7 Å². The number of alkyl halides is 9. The van der Waals surface area contributed by atoms with E-state index in [1.165, 1.54) is 58.1 Å². The molecule has 5 nitrogen and oxygen atoms in total. The van der Waals surface area contributed by atoms with Crippen molar-refractivity contribution >= 4 is 43.8 Å². The molecule has 9 aromatic carbocycles. The number of hydrogen-bond acceptors (Lipinski definition) is 5. The van der Waals surface area contributed by atoms with E-state index in [0.717, 1.165) is 76.8 Å². The molecule has 4 N–H and O–H groups in total. The lowest BCUT2D eigenvalue weighted by Gasteiger charge is -2.17. The molecule has 0 aliphatic rings. The van der Waals surface area contributed by atoms with Gasteiger partial charge in [-0.25, -0.2) is 0 Å². The van der Waals surface area contributed by atoms with Crippen LogP contribution in [-0.2, 0) is 37.8 Å². The summed E-state index contributed by atoms with van der Waals surface area (Å²) in [6.07, 6.45) is -8.81. The van der Waals surface area contributed by atoms with Gasteiger partial charge in [0.1, 0.15) is 0 Å². The van der Waals surface area contributed by atoms with E-state index >= 15 is 0 Å². The van der Waals surface area contributed by atoms with Gasteiger partial charge < -0.3 is 16.2 Å². The molecule has 1 unspecified atom stereocenters. The van der Waals surface area contributed by atoms with Gasteiger partial charge in [-0.1, -0.05) is 189 Å². The number of hydrogen-bond donors (Lipinski definition) is 3. The lowest BCUT2D eigenvalue weighted by Crippen LogP contribution is -2.20. The van der Waals surface area contributed by atoms with Crippen LogP contribution in [0.15, 0.2) is 205 Å². The lowest BCUT2D eigenvalue weighted by atomic mass is 9.99. The first-order chi connectivity index (χ1) is 38.7. The maximum atomic E-state index is 12.8. The molecule has 434 valence electrons. The molecule has 0 radical (unpaired) electrons. The largest absolute Gasteiger partial charge is 0.416 e. The molecule has 0 amide bonds. The number of halogens is 9. The first-order valence-corrected chi connectivity index (χ1v) is 26.5. The van der Waals surface area contributed by atoms with E-state index in [1.54, 1.807) is 25.1 Å². The number of carbonyl (C=O) groups is 1. The fourth-order valence-corrected chi connectivity index (χ4v) is 9.05. The third kappa shape index (κ3) is 20.7. The Balaban J connectivity index is 0.000000242. The zero-order valence-corrected chi connectivity index (χ0v) is 45.8. The number of Topliss-reactive ketones (excluding diaryl/α,β-unsaturated/α-hetero) is 1. The van der Waals surface area contributed by atoms with Crippen molar-refractivity contribution in [2.45, 2.75) is 91.3 Å². The van der Waals surface area contributed by atoms with Gasteiger partial charge in [-0.2, -0.15) is 39.5 Å². The predicted molar refractivity (Wildman–Crippen MR) is 319 cm³/mol. The van der Waals surface area contributed by atoms with Crippen LogP contribution in [0.2, 0.25) is 0 Å². The molecular formula is C68H72F9N3O2. The van der Waals surface area contributed by atoms with Crippen molar-refractivity contribution in [2.75, 3.05) is 26.7 Å². The Kier molecular flexibility index (Phi) is 26.7. The van der Waals surface area contributed by atoms with Gasteiger partial charge in [-0.3, -0.25) is 9.79 Å². The molecule has 9 aromatic rings. The maximum absolute atomic E-state index is 12.8. The standard InChI is InChI=1S/C22H22F3N.C22H20F3N.C12H10O.C10H12F3N.CH4O.CH4/c2*1-16(20-13-5-10-18-9-2-3-12-21(18)20)26-14-6-8-17-7-4-11-19(15-17)22(23,24)25;1-9(13)11-8-4-6-10-5-2-3-7-12(10)11;11-10(12,13)9-5-1-3-8(7-9)4-2-6-14;1-2;/h2-5,7,9-13,15-16,26H,6,8,14H2,1H3;2-5,7,9-13,15H,6,8,14H2,1H3;2-8H,1H3;1,3,5,7H,2,4,6,14H2;2H,1H3;1H4. The number of aliphatic hydroxyl groups is 1. The summed E-state index contributed by atoms with van der Waals surface area (Å²) >= 11 is 0. The number of ketones is 1. The molecule has 1 atom stereocenters. The van der Waals surface area contributed by atoms with Gasteiger partial charge >= 0.3 is 18.5 Å². The summed E-state index contributed by atoms with van der Waals surface area (Å²) in [6.45, 7) is 7.53. The van der Waals surface area contributed by atoms with Crippen LogP contribution in [0.3, 0.4) is 0 Å². The van der Waals surface area contributed by atoms with Crippen LogP contribution in [0.25, 0.3) is 32.3 Å². The van der Waals surface area contributed by atoms with Gasteiger partial charge in [0.15, 0.2) is 5.78 Å². The zero-order valence-electron chi connectivity index (χ0n) is 45.8. The summed E-state index contributed by atoms with van der Waals surface area (Å²) in [5, 5.41) is 17.4. The average Bonchev–Trinajstić information content (AvgIpc) is 3.62. The monoisotopic (exact) mass is 1130 g/mol. The minimum absolute atomic E-state index is 0. The summed E-state index contributed by atoms with van der Waals surface area (Å²) in [5.74, 6) is 0.122. The van der Waals surface area contributed by atoms with E-state index in [9.17, 15) is 44.3 Å². The van der Waals surface area contributed by atoms with E-state index in [4.69, 9.17) is 10.8 Å². The van der Waals surface area contributed by atoms with Crippen molar-refractivity contribution in [1.82, 2.24) is 5.32 Å². The van der Waals surface area contributed by atoms with E-state index < -0.39 is 35.2 Å². The Morgan fingerprint density at radius 3 is 1.30 bits per heavy atom. The second-order valence-corrected chi connectivity index (χ2v) is 19.0. The summed E-state index contributed by atoms with van der Waals surface area (Å²) in [4.78, 5) is 15.9. The Bertz CT molecular complexity index is 3410. The van der Waals surface area contributed by atoms with Crippen LogP contribution in [0, 0.1) is 0 Å². The number of nitrogens with two attached hydrogens (primary N) is 1. The SMILES string of the molecule is C.CC(=NCCCc1cccc(C(F)(F)F)c1)c1cccc2ccccc12.CC(=O)c1cccc2ccccc12.CC(NCCCc1cccc(C(F)(F)F)c1)c1cccc2ccccc12.CO.NCCCc1cccc(C(F)(F)F)c1. The first-order valence-electron chi connectivity index (χ1n) is 26.5. The van der Waals surface area contributed by atoms with Crippen LogP contribution in [0.1, 0.15) is 108 Å². The highest BCUT2D eigenvalue weighted by molar-refractivity contribution is 6.10. The third-order valence-corrected chi connectivity index (χ3v) is 13.1. The smallest absolute Gasteiger partial charge is 0.400 e. The fourth-order valence-electron chi connectivity index (χ4n) is 9.05. The highest BCUT2D eigenvalue weighted by Gasteiger charge is 2.32. The van der Waals surface area contributed by atoms with Gasteiger partial charge in [-0.15, -0.1) is 0 Å². The molecule has 14 heteroatoms. The van der Waals surface area contributed by atoms with Crippen molar-refractivity contribution in [2.24, 2.45) is 10.7 Å². The molecule has 0 fully saturated rings. The van der Waals surface area contributed by atoms with Crippen LogP contribution < -0.4 is 11.1 Å². The Morgan fingerprint density at radius 1 is 0.488 bits per heavy atom. The molecule has 0 spiro atoms. The minimum Gasteiger partial charge on any atom is -0.400 e. The summed E-state index contributed by atoms with van der Waals surface area (Å²) in [7, 11) is 1.00. The number of fused-ring (bicyclic) bond motifs is 3. The van der Waals surface area contributed by atoms with Gasteiger partial charge in [0, 0.05) is 36.5 Å². The van der Waals surface area contributed by atoms with Crippen molar-refractivity contribution in [3.8, 4) is 0 Å². The quantitative estimate of drug-likeness (QED) is 0.0413. The molecule has 0 aromatic heterocycles. The lowest BCUT2D eigenvalue weighted by molar-refractivity contribution is -0.138. The number of carbonyl (C=O) groups excluding carboxylic acids is 1. The number of aliphatic imine (C=N–C) groups is 1. The molecular weight excluding hydrogens is 1060 g/mol. The number of nitrogens with one attached hydrogen (secondary N) is 1. The molecule has 0 heterocycles. The molecule has 82 heavy (non-hydrogen) atoms. The van der Waals surface area contributed by atoms with Gasteiger partial charge in [-0.05, 0) is 145 Å². The molecule has 9 rings (SSSR count). The highest BCUT2D eigenvalue weighted by Crippen LogP contribution is 2.32. The van der Waals surface area contributed by atoms with E-state index in [2.05, 4.69) is 65.8 Å². The molecule has 0 bridgehead atoms. The highest BCUT2D eigenvalue weighted by atomic mass is 19.4. The van der Waals surface area contributed by atoms with Crippen LogP contribution >= 0.6 is 0 Å². The zero-order chi connectivity index (χ0) is 59.0. The van der Waals surface area contributed by atoms with Crippen molar-refractivity contribution in [3.05, 3.63) is 250 Å². The van der Waals surface area contributed by atoms with E-state index in [0.29, 0.717) is 56.3 Å². The minimum atomic E-state index is -4.29. The molecule has 0 aliphatic carbocycles. The van der Waals surface area contributed by atoms with Crippen LogP contribution in [0.5, 0.6) is 0 Å². The maximum Gasteiger partial charge on any atom is 0.416 e. The molecule has 0 saturated carbocycles. The Labute approximate surface area is 475 Å². The van der Waals surface area contributed by atoms with Crippen LogP contribution in [0.4, 0.5) is 39.5 Å². The van der Waals surface area contributed by atoms with Crippen molar-refractivity contribution in [1.29, 1.82) is 0 Å². The second-order valence-electron chi connectivity index (χ2n) is 19.0. The van der Waals surface area contributed by atoms with Gasteiger partial charge in [0.25, 0.3) is 0 Å². The van der Waals surface area contributed by atoms with Gasteiger partial charge in [0.2, 0.25) is 0 Å². The number of rotatable bonds is 15. The third-order valence-electron chi connectivity index (χ3n) is 13.1. The Hall–Kier alpha value is -7.65. The summed E-state index contributed by atoms with van der Waals surface area (Å²) in [6, 6.07) is 59.2. The number of benzene rings is 9. The first kappa shape index (κ1) is 66.9.